The van der Waals surface area contributed by atoms with E-state index < -0.39 is 0 Å². The Kier molecular flexibility index (Phi) is 4.46. The van der Waals surface area contributed by atoms with E-state index in [9.17, 15) is 4.79 Å². The van der Waals surface area contributed by atoms with Crippen molar-refractivity contribution in [2.24, 2.45) is 0 Å². The summed E-state index contributed by atoms with van der Waals surface area (Å²) in [7, 11) is 1.52. The van der Waals surface area contributed by atoms with E-state index in [4.69, 9.17) is 22.1 Å². The Hall–Kier alpha value is -1.79. The number of hydrogen-bond acceptors (Lipinski definition) is 4. The number of anilines is 2. The Morgan fingerprint density at radius 2 is 2.20 bits per heavy atom. The van der Waals surface area contributed by atoms with Crippen LogP contribution in [0.3, 0.4) is 0 Å². The quantitative estimate of drug-likeness (QED) is 0.884. The van der Waals surface area contributed by atoms with Gasteiger partial charge in [0.05, 0.1) is 17.7 Å². The van der Waals surface area contributed by atoms with Crippen LogP contribution in [-0.4, -0.2) is 18.0 Å². The summed E-state index contributed by atoms with van der Waals surface area (Å²) in [5, 5.41) is 3.11. The molecule has 0 saturated heterocycles. The standard InChI is InChI=1S/C13H11BrClN3O2/c1-20-11-3-2-8(5-10(11)15)18-13(19)9-4-7(14)6-17-12(9)16/h2-6H,1H3,(H2,16,17)(H,18,19). The molecule has 0 atom stereocenters. The van der Waals surface area contributed by atoms with Gasteiger partial charge in [-0.1, -0.05) is 11.6 Å². The number of methoxy groups -OCH3 is 1. The van der Waals surface area contributed by atoms with Gasteiger partial charge in [0.2, 0.25) is 0 Å². The fourth-order valence-corrected chi connectivity index (χ4v) is 2.16. The van der Waals surface area contributed by atoms with Crippen molar-refractivity contribution in [2.75, 3.05) is 18.2 Å². The molecule has 0 aliphatic carbocycles. The van der Waals surface area contributed by atoms with E-state index >= 15 is 0 Å². The normalized spacial score (nSPS) is 10.2. The molecule has 1 aromatic carbocycles. The van der Waals surface area contributed by atoms with Gasteiger partial charge in [-0.3, -0.25) is 4.79 Å². The zero-order valence-corrected chi connectivity index (χ0v) is 12.8. The van der Waals surface area contributed by atoms with Gasteiger partial charge in [0.1, 0.15) is 11.6 Å². The van der Waals surface area contributed by atoms with E-state index in [0.29, 0.717) is 20.9 Å². The molecular weight excluding hydrogens is 346 g/mol. The van der Waals surface area contributed by atoms with Crippen LogP contribution in [0.4, 0.5) is 11.5 Å². The zero-order valence-electron chi connectivity index (χ0n) is 10.5. The lowest BCUT2D eigenvalue weighted by Crippen LogP contribution is -2.14. The van der Waals surface area contributed by atoms with Crippen molar-refractivity contribution in [3.63, 3.8) is 0 Å². The van der Waals surface area contributed by atoms with E-state index in [-0.39, 0.29) is 17.3 Å². The fraction of sp³-hybridized carbons (Fsp3) is 0.0769. The predicted molar refractivity (Wildman–Crippen MR) is 82.3 cm³/mol. The van der Waals surface area contributed by atoms with Crippen molar-refractivity contribution in [2.45, 2.75) is 0 Å². The number of ether oxygens (including phenoxy) is 1. The summed E-state index contributed by atoms with van der Waals surface area (Å²) in [5.74, 6) is 0.330. The highest BCUT2D eigenvalue weighted by molar-refractivity contribution is 9.10. The number of nitrogens with zero attached hydrogens (tertiary/aromatic N) is 1. The van der Waals surface area contributed by atoms with Gasteiger partial charge < -0.3 is 15.8 Å². The van der Waals surface area contributed by atoms with Crippen LogP contribution in [0.25, 0.3) is 0 Å². The molecule has 0 saturated carbocycles. The number of carbonyl (C=O) groups is 1. The molecule has 0 aliphatic heterocycles. The first-order valence-corrected chi connectivity index (χ1v) is 6.74. The summed E-state index contributed by atoms with van der Waals surface area (Å²) in [6.45, 7) is 0. The highest BCUT2D eigenvalue weighted by Gasteiger charge is 2.12. The summed E-state index contributed by atoms with van der Waals surface area (Å²) in [6.07, 6.45) is 1.52. The van der Waals surface area contributed by atoms with E-state index in [1.807, 2.05) is 0 Å². The van der Waals surface area contributed by atoms with Crippen molar-refractivity contribution >= 4 is 44.9 Å². The molecular formula is C13H11BrClN3O2. The second kappa shape index (κ2) is 6.11. The van der Waals surface area contributed by atoms with Crippen LogP contribution in [0.15, 0.2) is 34.9 Å². The smallest absolute Gasteiger partial charge is 0.259 e. The largest absolute Gasteiger partial charge is 0.495 e. The van der Waals surface area contributed by atoms with Crippen molar-refractivity contribution in [1.82, 2.24) is 4.98 Å². The summed E-state index contributed by atoms with van der Waals surface area (Å²) >= 11 is 9.24. The Labute approximate surface area is 129 Å². The molecule has 0 bridgehead atoms. The zero-order chi connectivity index (χ0) is 14.7. The van der Waals surface area contributed by atoms with Crippen molar-refractivity contribution in [1.29, 1.82) is 0 Å². The molecule has 1 amide bonds. The molecule has 3 N–H and O–H groups in total. The minimum atomic E-state index is -0.363. The first-order chi connectivity index (χ1) is 9.51. The average Bonchev–Trinajstić information content (AvgIpc) is 2.41. The topological polar surface area (TPSA) is 77.2 Å². The number of benzene rings is 1. The highest BCUT2D eigenvalue weighted by atomic mass is 79.9. The van der Waals surface area contributed by atoms with Crippen molar-refractivity contribution in [3.05, 3.63) is 45.5 Å². The lowest BCUT2D eigenvalue weighted by atomic mass is 10.2. The van der Waals surface area contributed by atoms with Gasteiger partial charge in [0.25, 0.3) is 5.91 Å². The monoisotopic (exact) mass is 355 g/mol. The number of hydrogen-bond donors (Lipinski definition) is 2. The van der Waals surface area contributed by atoms with Crippen LogP contribution in [0.1, 0.15) is 10.4 Å². The van der Waals surface area contributed by atoms with Gasteiger partial charge in [-0.2, -0.15) is 0 Å². The minimum Gasteiger partial charge on any atom is -0.495 e. The van der Waals surface area contributed by atoms with Crippen LogP contribution in [0, 0.1) is 0 Å². The number of halogens is 2. The van der Waals surface area contributed by atoms with E-state index in [1.54, 1.807) is 24.3 Å². The summed E-state index contributed by atoms with van der Waals surface area (Å²) in [4.78, 5) is 16.0. The maximum atomic E-state index is 12.1. The maximum Gasteiger partial charge on any atom is 0.259 e. The van der Waals surface area contributed by atoms with E-state index in [1.165, 1.54) is 13.3 Å². The third-order valence-electron chi connectivity index (χ3n) is 2.54. The van der Waals surface area contributed by atoms with Gasteiger partial charge in [0.15, 0.2) is 0 Å². The number of nitrogens with two attached hydrogens (primary N) is 1. The van der Waals surface area contributed by atoms with Crippen molar-refractivity contribution in [3.8, 4) is 5.75 Å². The Morgan fingerprint density at radius 3 is 2.85 bits per heavy atom. The molecule has 1 aromatic heterocycles. The number of rotatable bonds is 3. The minimum absolute atomic E-state index is 0.158. The molecule has 20 heavy (non-hydrogen) atoms. The molecule has 0 spiro atoms. The van der Waals surface area contributed by atoms with Gasteiger partial charge in [-0.15, -0.1) is 0 Å². The lowest BCUT2D eigenvalue weighted by molar-refractivity contribution is 0.102. The number of pyridine rings is 1. The fourth-order valence-electron chi connectivity index (χ4n) is 1.57. The van der Waals surface area contributed by atoms with Gasteiger partial charge >= 0.3 is 0 Å². The molecule has 0 aliphatic rings. The number of carbonyl (C=O) groups excluding carboxylic acids is 1. The molecule has 2 aromatic rings. The van der Waals surface area contributed by atoms with E-state index in [2.05, 4.69) is 26.2 Å². The lowest BCUT2D eigenvalue weighted by Gasteiger charge is -2.09. The van der Waals surface area contributed by atoms with Crippen LogP contribution >= 0.6 is 27.5 Å². The number of nitrogen functional groups attached to an aromatic ring is 1. The number of aromatic nitrogens is 1. The van der Waals surface area contributed by atoms with Gasteiger partial charge in [0, 0.05) is 16.4 Å². The predicted octanol–water partition coefficient (Wildman–Crippen LogP) is 3.34. The summed E-state index contributed by atoms with van der Waals surface area (Å²) in [5.41, 5.74) is 6.51. The molecule has 104 valence electrons. The van der Waals surface area contributed by atoms with Crippen LogP contribution < -0.4 is 15.8 Å². The second-order valence-electron chi connectivity index (χ2n) is 3.89. The molecule has 0 unspecified atom stereocenters. The first-order valence-electron chi connectivity index (χ1n) is 5.57. The third kappa shape index (κ3) is 3.20. The SMILES string of the molecule is COc1ccc(NC(=O)c2cc(Br)cnc2N)cc1Cl. The number of amides is 1. The molecule has 7 heteroatoms. The summed E-state index contributed by atoms with van der Waals surface area (Å²) < 4.78 is 5.71. The Balaban J connectivity index is 2.23. The third-order valence-corrected chi connectivity index (χ3v) is 3.27. The van der Waals surface area contributed by atoms with Crippen LogP contribution in [-0.2, 0) is 0 Å². The van der Waals surface area contributed by atoms with Crippen LogP contribution in [0.2, 0.25) is 5.02 Å². The molecule has 0 fully saturated rings. The summed E-state index contributed by atoms with van der Waals surface area (Å²) in [6, 6.07) is 6.55. The highest BCUT2D eigenvalue weighted by Crippen LogP contribution is 2.27. The average molecular weight is 357 g/mol. The maximum absolute atomic E-state index is 12.1. The molecule has 2 rings (SSSR count). The number of nitrogens with one attached hydrogen (secondary N) is 1. The van der Waals surface area contributed by atoms with Crippen LogP contribution in [0.5, 0.6) is 5.75 Å². The van der Waals surface area contributed by atoms with E-state index in [0.717, 1.165) is 0 Å². The first kappa shape index (κ1) is 14.6. The molecule has 0 radical (unpaired) electrons. The molecule has 1 heterocycles. The van der Waals surface area contributed by atoms with Gasteiger partial charge in [-0.05, 0) is 40.2 Å². The Bertz CT molecular complexity index is 664. The second-order valence-corrected chi connectivity index (χ2v) is 5.21. The van der Waals surface area contributed by atoms with Crippen molar-refractivity contribution < 1.29 is 9.53 Å². The van der Waals surface area contributed by atoms with Gasteiger partial charge in [-0.25, -0.2) is 4.98 Å². The Morgan fingerprint density at radius 1 is 1.45 bits per heavy atom. The molecule has 5 nitrogen and oxygen atoms in total.